The molecule has 0 aliphatic carbocycles. The zero-order chi connectivity index (χ0) is 17.5. The predicted octanol–water partition coefficient (Wildman–Crippen LogP) is 4.74. The van der Waals surface area contributed by atoms with Crippen molar-refractivity contribution in [2.75, 3.05) is 32.8 Å². The van der Waals surface area contributed by atoms with Crippen LogP contribution in [-0.4, -0.2) is 37.7 Å². The SMILES string of the molecule is Cc1cccc(C)c1C=Cc1cccc(CCCN2CCOCC2)c1. The highest BCUT2D eigenvalue weighted by molar-refractivity contribution is 5.72. The number of hydrogen-bond acceptors (Lipinski definition) is 2. The Kier molecular flexibility index (Phi) is 6.43. The molecule has 1 saturated heterocycles. The zero-order valence-electron chi connectivity index (χ0n) is 15.5. The summed E-state index contributed by atoms with van der Waals surface area (Å²) in [6.07, 6.45) is 6.84. The second kappa shape index (κ2) is 8.98. The summed E-state index contributed by atoms with van der Waals surface area (Å²) >= 11 is 0. The van der Waals surface area contributed by atoms with Crippen molar-refractivity contribution < 1.29 is 4.74 Å². The fraction of sp³-hybridized carbons (Fsp3) is 0.391. The van der Waals surface area contributed by atoms with Crippen molar-refractivity contribution in [3.8, 4) is 0 Å². The van der Waals surface area contributed by atoms with Gasteiger partial charge in [0.1, 0.15) is 0 Å². The molecule has 0 bridgehead atoms. The molecule has 132 valence electrons. The van der Waals surface area contributed by atoms with Crippen LogP contribution < -0.4 is 0 Å². The molecule has 25 heavy (non-hydrogen) atoms. The summed E-state index contributed by atoms with van der Waals surface area (Å²) < 4.78 is 5.41. The van der Waals surface area contributed by atoms with E-state index in [1.54, 1.807) is 0 Å². The number of morpholine rings is 1. The molecule has 2 heteroatoms. The van der Waals surface area contributed by atoms with Gasteiger partial charge in [0.2, 0.25) is 0 Å². The molecular formula is C23H29NO. The smallest absolute Gasteiger partial charge is 0.0594 e. The van der Waals surface area contributed by atoms with E-state index < -0.39 is 0 Å². The van der Waals surface area contributed by atoms with Crippen LogP contribution in [0.15, 0.2) is 42.5 Å². The number of hydrogen-bond donors (Lipinski definition) is 0. The van der Waals surface area contributed by atoms with Gasteiger partial charge in [0.25, 0.3) is 0 Å². The summed E-state index contributed by atoms with van der Waals surface area (Å²) in [6, 6.07) is 15.4. The van der Waals surface area contributed by atoms with Gasteiger partial charge in [0, 0.05) is 13.1 Å². The molecule has 0 N–H and O–H groups in total. The molecule has 1 aliphatic heterocycles. The molecule has 3 rings (SSSR count). The first-order valence-electron chi connectivity index (χ1n) is 9.36. The lowest BCUT2D eigenvalue weighted by Crippen LogP contribution is -2.36. The molecule has 0 unspecified atom stereocenters. The molecule has 2 nitrogen and oxygen atoms in total. The largest absolute Gasteiger partial charge is 0.379 e. The van der Waals surface area contributed by atoms with Gasteiger partial charge in [-0.05, 0) is 61.1 Å². The molecule has 1 fully saturated rings. The summed E-state index contributed by atoms with van der Waals surface area (Å²) in [6.45, 7) is 9.46. The number of nitrogens with zero attached hydrogens (tertiary/aromatic N) is 1. The highest BCUT2D eigenvalue weighted by Gasteiger charge is 2.09. The minimum Gasteiger partial charge on any atom is -0.379 e. The lowest BCUT2D eigenvalue weighted by molar-refractivity contribution is 0.0375. The van der Waals surface area contributed by atoms with E-state index in [1.807, 2.05) is 0 Å². The van der Waals surface area contributed by atoms with Gasteiger partial charge in [0.15, 0.2) is 0 Å². The second-order valence-corrected chi connectivity index (χ2v) is 6.94. The minimum atomic E-state index is 0.887. The molecule has 0 atom stereocenters. The highest BCUT2D eigenvalue weighted by atomic mass is 16.5. The van der Waals surface area contributed by atoms with E-state index in [9.17, 15) is 0 Å². The molecule has 2 aromatic carbocycles. The Morgan fingerprint density at radius 3 is 2.44 bits per heavy atom. The van der Waals surface area contributed by atoms with Gasteiger partial charge < -0.3 is 4.74 Å². The van der Waals surface area contributed by atoms with Crippen LogP contribution in [0.1, 0.15) is 34.2 Å². The average Bonchev–Trinajstić information content (AvgIpc) is 2.63. The van der Waals surface area contributed by atoms with Crippen molar-refractivity contribution in [2.45, 2.75) is 26.7 Å². The van der Waals surface area contributed by atoms with Crippen LogP contribution >= 0.6 is 0 Å². The molecule has 0 aromatic heterocycles. The maximum Gasteiger partial charge on any atom is 0.0594 e. The van der Waals surface area contributed by atoms with Crippen LogP contribution in [0.2, 0.25) is 0 Å². The van der Waals surface area contributed by atoms with Crippen molar-refractivity contribution in [1.82, 2.24) is 4.90 Å². The van der Waals surface area contributed by atoms with E-state index in [-0.39, 0.29) is 0 Å². The zero-order valence-corrected chi connectivity index (χ0v) is 15.5. The highest BCUT2D eigenvalue weighted by Crippen LogP contribution is 2.18. The number of ether oxygens (including phenoxy) is 1. The average molecular weight is 335 g/mol. The molecular weight excluding hydrogens is 306 g/mol. The van der Waals surface area contributed by atoms with Gasteiger partial charge in [-0.25, -0.2) is 0 Å². The maximum absolute atomic E-state index is 5.41. The first kappa shape index (κ1) is 17.9. The Balaban J connectivity index is 1.58. The quantitative estimate of drug-likeness (QED) is 0.707. The Morgan fingerprint density at radius 2 is 1.68 bits per heavy atom. The molecule has 0 radical (unpaired) electrons. The molecule has 2 aromatic rings. The maximum atomic E-state index is 5.41. The standard InChI is InChI=1S/C23H29NO/c1-19-6-3-7-20(2)23(19)12-11-22-9-4-8-21(18-22)10-5-13-24-14-16-25-17-15-24/h3-4,6-9,11-12,18H,5,10,13-17H2,1-2H3. The fourth-order valence-electron chi connectivity index (χ4n) is 3.45. The summed E-state index contributed by atoms with van der Waals surface area (Å²) in [5.41, 5.74) is 6.71. The molecule has 0 spiro atoms. The topological polar surface area (TPSA) is 12.5 Å². The van der Waals surface area contributed by atoms with Crippen molar-refractivity contribution in [1.29, 1.82) is 0 Å². The Labute approximate surface area is 152 Å². The lowest BCUT2D eigenvalue weighted by Gasteiger charge is -2.26. The first-order chi connectivity index (χ1) is 12.2. The van der Waals surface area contributed by atoms with Crippen LogP contribution in [0, 0.1) is 13.8 Å². The summed E-state index contributed by atoms with van der Waals surface area (Å²) in [5, 5.41) is 0. The van der Waals surface area contributed by atoms with Crippen LogP contribution in [-0.2, 0) is 11.2 Å². The molecule has 1 aliphatic rings. The normalized spacial score (nSPS) is 15.8. The van der Waals surface area contributed by atoms with Gasteiger partial charge >= 0.3 is 0 Å². The number of aryl methyl sites for hydroxylation is 3. The third-order valence-corrected chi connectivity index (χ3v) is 4.98. The van der Waals surface area contributed by atoms with Gasteiger partial charge in [-0.1, -0.05) is 54.6 Å². The summed E-state index contributed by atoms with van der Waals surface area (Å²) in [7, 11) is 0. The third kappa shape index (κ3) is 5.29. The van der Waals surface area contributed by atoms with E-state index in [0.717, 1.165) is 32.7 Å². The van der Waals surface area contributed by atoms with E-state index in [2.05, 4.69) is 73.4 Å². The fourth-order valence-corrected chi connectivity index (χ4v) is 3.45. The van der Waals surface area contributed by atoms with Gasteiger partial charge in [-0.3, -0.25) is 4.90 Å². The Morgan fingerprint density at radius 1 is 0.960 bits per heavy atom. The van der Waals surface area contributed by atoms with Crippen molar-refractivity contribution in [3.63, 3.8) is 0 Å². The molecule has 1 heterocycles. The third-order valence-electron chi connectivity index (χ3n) is 4.98. The first-order valence-corrected chi connectivity index (χ1v) is 9.36. The predicted molar refractivity (Wildman–Crippen MR) is 107 cm³/mol. The van der Waals surface area contributed by atoms with Gasteiger partial charge in [-0.15, -0.1) is 0 Å². The second-order valence-electron chi connectivity index (χ2n) is 6.94. The molecule has 0 saturated carbocycles. The summed E-state index contributed by atoms with van der Waals surface area (Å²) in [4.78, 5) is 2.51. The minimum absolute atomic E-state index is 0.887. The van der Waals surface area contributed by atoms with Crippen molar-refractivity contribution in [3.05, 3.63) is 70.3 Å². The van der Waals surface area contributed by atoms with Gasteiger partial charge in [-0.2, -0.15) is 0 Å². The monoisotopic (exact) mass is 335 g/mol. The van der Waals surface area contributed by atoms with E-state index in [1.165, 1.54) is 40.8 Å². The lowest BCUT2D eigenvalue weighted by atomic mass is 10.0. The van der Waals surface area contributed by atoms with E-state index >= 15 is 0 Å². The summed E-state index contributed by atoms with van der Waals surface area (Å²) in [5.74, 6) is 0. The van der Waals surface area contributed by atoms with Crippen LogP contribution in [0.3, 0.4) is 0 Å². The van der Waals surface area contributed by atoms with E-state index in [4.69, 9.17) is 4.74 Å². The van der Waals surface area contributed by atoms with Crippen LogP contribution in [0.25, 0.3) is 12.2 Å². The van der Waals surface area contributed by atoms with Crippen LogP contribution in [0.5, 0.6) is 0 Å². The van der Waals surface area contributed by atoms with E-state index in [0.29, 0.717) is 0 Å². The van der Waals surface area contributed by atoms with Gasteiger partial charge in [0.05, 0.1) is 13.2 Å². The van der Waals surface area contributed by atoms with Crippen LogP contribution in [0.4, 0.5) is 0 Å². The Hall–Kier alpha value is -1.90. The van der Waals surface area contributed by atoms with Crippen molar-refractivity contribution >= 4 is 12.2 Å². The number of rotatable bonds is 6. The number of benzene rings is 2. The molecule has 0 amide bonds. The van der Waals surface area contributed by atoms with Crippen molar-refractivity contribution in [2.24, 2.45) is 0 Å². The Bertz CT molecular complexity index is 694.